The van der Waals surface area contributed by atoms with Crippen molar-refractivity contribution < 1.29 is 32.9 Å². The van der Waals surface area contributed by atoms with Gasteiger partial charge in [0.15, 0.2) is 0 Å². The number of nitrogens with zero attached hydrogens (tertiary/aromatic N) is 1. The normalized spacial score (nSPS) is 14.6. The minimum Gasteiger partial charge on any atom is -0.756 e. The maximum atomic E-state index is 12.9. The van der Waals surface area contributed by atoms with E-state index in [-0.39, 0.29) is 12.5 Å². The Kier molecular flexibility index (Phi) is 40.7. The predicted octanol–water partition coefficient (Wildman–Crippen LogP) is 13.4. The Labute approximate surface area is 365 Å². The standard InChI is InChI=1S/C50H95N2O6P/c1-6-8-10-12-14-16-18-20-21-22-23-24-25-26-27-28-29-30-32-34-36-38-40-42-44-50(54)51-48(47-58-59(55,56)57-46-45-52(3,4)5)49(53)43-41-39-37-35-33-31-19-17-15-13-11-9-7-2/h15,17,26-27,33,35,41,43,48-49,53H,6-14,16,18-25,28-32,34,36-40,42,44-47H2,1-5H3,(H-,51,54,55,56)/b17-15+,27-26-,35-33+,43-41+. The molecule has 8 nitrogen and oxygen atoms in total. The molecule has 0 rings (SSSR count). The summed E-state index contributed by atoms with van der Waals surface area (Å²) in [5.41, 5.74) is 0. The highest BCUT2D eigenvalue weighted by Gasteiger charge is 2.23. The number of carbonyl (C=O) groups excluding carboxylic acids is 1. The first-order chi connectivity index (χ1) is 28.5. The van der Waals surface area contributed by atoms with Gasteiger partial charge in [0.1, 0.15) is 13.2 Å². The molecule has 1 amide bonds. The molecule has 0 aromatic rings. The van der Waals surface area contributed by atoms with Crippen LogP contribution in [-0.4, -0.2) is 68.5 Å². The van der Waals surface area contributed by atoms with Crippen molar-refractivity contribution in [2.45, 2.75) is 225 Å². The Morgan fingerprint density at radius 3 is 1.41 bits per heavy atom. The Balaban J connectivity index is 4.29. The third kappa shape index (κ3) is 44.3. The Bertz CT molecular complexity index is 1100. The van der Waals surface area contributed by atoms with Crippen LogP contribution >= 0.6 is 7.82 Å². The largest absolute Gasteiger partial charge is 0.756 e. The van der Waals surface area contributed by atoms with Crippen molar-refractivity contribution in [3.8, 4) is 0 Å². The zero-order valence-electron chi connectivity index (χ0n) is 39.2. The molecule has 346 valence electrons. The van der Waals surface area contributed by atoms with E-state index in [2.05, 4.69) is 55.6 Å². The maximum absolute atomic E-state index is 12.9. The van der Waals surface area contributed by atoms with Crippen LogP contribution in [0.25, 0.3) is 0 Å². The summed E-state index contributed by atoms with van der Waals surface area (Å²) in [6.07, 6.45) is 53.2. The van der Waals surface area contributed by atoms with E-state index in [0.717, 1.165) is 51.4 Å². The van der Waals surface area contributed by atoms with Gasteiger partial charge in [-0.25, -0.2) is 0 Å². The number of quaternary nitrogens is 1. The molecule has 3 unspecified atom stereocenters. The fourth-order valence-electron chi connectivity index (χ4n) is 6.83. The van der Waals surface area contributed by atoms with E-state index in [1.807, 2.05) is 27.2 Å². The number of nitrogens with one attached hydrogen (secondary N) is 1. The molecule has 0 spiro atoms. The Morgan fingerprint density at radius 1 is 0.576 bits per heavy atom. The highest BCUT2D eigenvalue weighted by molar-refractivity contribution is 7.45. The number of aliphatic hydroxyl groups is 1. The van der Waals surface area contributed by atoms with E-state index < -0.39 is 26.6 Å². The summed E-state index contributed by atoms with van der Waals surface area (Å²) in [4.78, 5) is 25.3. The van der Waals surface area contributed by atoms with Crippen molar-refractivity contribution in [1.29, 1.82) is 0 Å². The molecule has 0 fully saturated rings. The molecule has 0 saturated carbocycles. The van der Waals surface area contributed by atoms with Gasteiger partial charge in [-0.2, -0.15) is 0 Å². The van der Waals surface area contributed by atoms with Crippen LogP contribution in [0.5, 0.6) is 0 Å². The van der Waals surface area contributed by atoms with E-state index >= 15 is 0 Å². The van der Waals surface area contributed by atoms with Crippen molar-refractivity contribution in [2.75, 3.05) is 40.9 Å². The van der Waals surface area contributed by atoms with Crippen LogP contribution in [0.15, 0.2) is 48.6 Å². The summed E-state index contributed by atoms with van der Waals surface area (Å²) in [5.74, 6) is -0.216. The molecule has 0 aromatic heterocycles. The van der Waals surface area contributed by atoms with Crippen LogP contribution in [0.4, 0.5) is 0 Å². The van der Waals surface area contributed by atoms with Gasteiger partial charge in [-0.15, -0.1) is 0 Å². The number of allylic oxidation sites excluding steroid dienone is 7. The lowest BCUT2D eigenvalue weighted by atomic mass is 10.0. The molecular formula is C50H95N2O6P. The van der Waals surface area contributed by atoms with Gasteiger partial charge in [0.05, 0.1) is 39.9 Å². The third-order valence-corrected chi connectivity index (χ3v) is 11.7. The molecule has 9 heteroatoms. The van der Waals surface area contributed by atoms with E-state index in [0.29, 0.717) is 17.4 Å². The van der Waals surface area contributed by atoms with E-state index in [1.165, 1.54) is 141 Å². The topological polar surface area (TPSA) is 108 Å². The van der Waals surface area contributed by atoms with Gasteiger partial charge in [-0.3, -0.25) is 9.36 Å². The fraction of sp³-hybridized carbons (Fsp3) is 0.820. The highest BCUT2D eigenvalue weighted by atomic mass is 31.2. The number of aliphatic hydroxyl groups excluding tert-OH is 1. The summed E-state index contributed by atoms with van der Waals surface area (Å²) in [7, 11) is 1.23. The molecule has 0 aromatic carbocycles. The summed E-state index contributed by atoms with van der Waals surface area (Å²) in [6, 6.07) is -0.910. The summed E-state index contributed by atoms with van der Waals surface area (Å²) in [5, 5.41) is 13.8. The first kappa shape index (κ1) is 57.5. The molecule has 0 aliphatic rings. The molecule has 0 bridgehead atoms. The second kappa shape index (κ2) is 41.8. The number of hydrogen-bond donors (Lipinski definition) is 2. The van der Waals surface area contributed by atoms with Crippen molar-refractivity contribution in [2.24, 2.45) is 0 Å². The molecule has 0 aliphatic carbocycles. The van der Waals surface area contributed by atoms with Crippen LogP contribution in [0.3, 0.4) is 0 Å². The number of unbranched alkanes of at least 4 members (excludes halogenated alkanes) is 25. The fourth-order valence-corrected chi connectivity index (χ4v) is 7.55. The van der Waals surface area contributed by atoms with Crippen LogP contribution in [0, 0.1) is 0 Å². The van der Waals surface area contributed by atoms with Crippen LogP contribution in [0.2, 0.25) is 0 Å². The second-order valence-electron chi connectivity index (χ2n) is 17.8. The number of rotatable bonds is 44. The van der Waals surface area contributed by atoms with Crippen LogP contribution in [-0.2, 0) is 18.4 Å². The van der Waals surface area contributed by atoms with Crippen molar-refractivity contribution in [3.63, 3.8) is 0 Å². The average molecular weight is 851 g/mol. The number of hydrogen-bond acceptors (Lipinski definition) is 6. The lowest BCUT2D eigenvalue weighted by Crippen LogP contribution is -2.45. The van der Waals surface area contributed by atoms with E-state index in [9.17, 15) is 19.4 Å². The smallest absolute Gasteiger partial charge is 0.268 e. The first-order valence-electron chi connectivity index (χ1n) is 24.5. The molecule has 0 heterocycles. The quantitative estimate of drug-likeness (QED) is 0.0274. The van der Waals surface area contributed by atoms with Crippen molar-refractivity contribution in [1.82, 2.24) is 5.32 Å². The lowest BCUT2D eigenvalue weighted by molar-refractivity contribution is -0.870. The highest BCUT2D eigenvalue weighted by Crippen LogP contribution is 2.38. The molecule has 59 heavy (non-hydrogen) atoms. The van der Waals surface area contributed by atoms with E-state index in [1.54, 1.807) is 6.08 Å². The molecule has 2 N–H and O–H groups in total. The lowest BCUT2D eigenvalue weighted by Gasteiger charge is -2.29. The zero-order valence-corrected chi connectivity index (χ0v) is 40.1. The predicted molar refractivity (Wildman–Crippen MR) is 251 cm³/mol. The number of phosphoric ester groups is 1. The summed E-state index contributed by atoms with van der Waals surface area (Å²) >= 11 is 0. The number of carbonyl (C=O) groups is 1. The molecule has 0 radical (unpaired) electrons. The number of amides is 1. The van der Waals surface area contributed by atoms with Gasteiger partial charge < -0.3 is 28.8 Å². The van der Waals surface area contributed by atoms with Gasteiger partial charge in [0.2, 0.25) is 5.91 Å². The van der Waals surface area contributed by atoms with Crippen LogP contribution in [0.1, 0.15) is 213 Å². The van der Waals surface area contributed by atoms with Gasteiger partial charge in [0.25, 0.3) is 7.82 Å². The molecule has 0 saturated heterocycles. The van der Waals surface area contributed by atoms with Gasteiger partial charge in [-0.05, 0) is 70.6 Å². The Hall–Kier alpha value is -1.54. The SMILES string of the molecule is CCCCC/C=C/CC/C=C/CC/C=C/C(O)C(COP(=O)([O-])OCC[N+](C)(C)C)NC(=O)CCCCCCCCCC/C=C\CCCCCCCCCCCCCC. The molecule has 3 atom stereocenters. The van der Waals surface area contributed by atoms with Gasteiger partial charge in [0, 0.05) is 6.42 Å². The minimum atomic E-state index is -4.60. The van der Waals surface area contributed by atoms with Crippen molar-refractivity contribution in [3.05, 3.63) is 48.6 Å². The van der Waals surface area contributed by atoms with Crippen LogP contribution < -0.4 is 10.2 Å². The van der Waals surface area contributed by atoms with E-state index in [4.69, 9.17) is 9.05 Å². The zero-order chi connectivity index (χ0) is 43.6. The monoisotopic (exact) mass is 851 g/mol. The molecular weight excluding hydrogens is 756 g/mol. The first-order valence-corrected chi connectivity index (χ1v) is 26.0. The number of likely N-dealkylation sites (N-methyl/N-ethyl adjacent to an activating group) is 1. The van der Waals surface area contributed by atoms with Crippen molar-refractivity contribution >= 4 is 13.7 Å². The maximum Gasteiger partial charge on any atom is 0.268 e. The summed E-state index contributed by atoms with van der Waals surface area (Å²) < 4.78 is 23.2. The van der Waals surface area contributed by atoms with Gasteiger partial charge in [-0.1, -0.05) is 184 Å². The summed E-state index contributed by atoms with van der Waals surface area (Å²) in [6.45, 7) is 4.58. The Morgan fingerprint density at radius 2 is 0.949 bits per heavy atom. The minimum absolute atomic E-state index is 0.0105. The molecule has 0 aliphatic heterocycles. The average Bonchev–Trinajstić information content (AvgIpc) is 3.19. The van der Waals surface area contributed by atoms with Gasteiger partial charge >= 0.3 is 0 Å². The third-order valence-electron chi connectivity index (χ3n) is 10.7. The second-order valence-corrected chi connectivity index (χ2v) is 19.2. The number of phosphoric acid groups is 1.